The largest absolute Gasteiger partial charge is 0.289 e. The van der Waals surface area contributed by atoms with Crippen molar-refractivity contribution in [2.75, 3.05) is 0 Å². The number of carbonyl (C=O) groups is 1. The highest BCUT2D eigenvalue weighted by atomic mass is 16.7. The number of nitrogens with zero attached hydrogens (tertiary/aromatic N) is 2. The van der Waals surface area contributed by atoms with Crippen LogP contribution in [0, 0.1) is 0 Å². The van der Waals surface area contributed by atoms with E-state index in [0.29, 0.717) is 6.54 Å². The summed E-state index contributed by atoms with van der Waals surface area (Å²) in [7, 11) is 0. The fraction of sp³-hybridized carbons (Fsp3) is 0.263. The third kappa shape index (κ3) is 3.31. The van der Waals surface area contributed by atoms with E-state index in [1.165, 1.54) is 6.34 Å². The third-order valence-electron chi connectivity index (χ3n) is 4.23. The van der Waals surface area contributed by atoms with E-state index in [1.54, 1.807) is 11.8 Å². The molecule has 1 aliphatic heterocycles. The highest BCUT2D eigenvalue weighted by Crippen LogP contribution is 2.28. The lowest BCUT2D eigenvalue weighted by atomic mass is 9.99. The monoisotopic (exact) mass is 323 g/mol. The van der Waals surface area contributed by atoms with Crippen LogP contribution in [-0.2, 0) is 16.2 Å². The molecule has 5 nitrogen and oxygen atoms in total. The standard InChI is InChI=1S/C19H21N3O2/c1-15(17-11-7-4-8-12-17)18(23)22(19(2)20-14-21-24-19)13-16-9-5-3-6-10-16/h3-12,14-15H,13H2,1-2H3,(H,20,21). The third-order valence-corrected chi connectivity index (χ3v) is 4.23. The number of amides is 1. The lowest BCUT2D eigenvalue weighted by Gasteiger charge is -2.35. The number of hydrogen-bond donors (Lipinski definition) is 1. The number of carbonyl (C=O) groups excluding carboxylic acids is 1. The van der Waals surface area contributed by atoms with E-state index >= 15 is 0 Å². The lowest BCUT2D eigenvalue weighted by molar-refractivity contribution is -0.176. The van der Waals surface area contributed by atoms with Gasteiger partial charge in [-0.1, -0.05) is 60.7 Å². The zero-order valence-corrected chi connectivity index (χ0v) is 13.8. The van der Waals surface area contributed by atoms with Crippen LogP contribution >= 0.6 is 0 Å². The molecule has 124 valence electrons. The van der Waals surface area contributed by atoms with Crippen LogP contribution < -0.4 is 5.48 Å². The maximum atomic E-state index is 13.2. The number of rotatable bonds is 5. The van der Waals surface area contributed by atoms with Gasteiger partial charge >= 0.3 is 0 Å². The minimum absolute atomic E-state index is 0.0339. The van der Waals surface area contributed by atoms with Crippen LogP contribution in [-0.4, -0.2) is 23.0 Å². The van der Waals surface area contributed by atoms with Crippen molar-refractivity contribution in [3.05, 3.63) is 71.8 Å². The first-order valence-corrected chi connectivity index (χ1v) is 7.98. The molecule has 3 rings (SSSR count). The quantitative estimate of drug-likeness (QED) is 0.920. The molecule has 1 amide bonds. The second-order valence-corrected chi connectivity index (χ2v) is 5.95. The fourth-order valence-corrected chi connectivity index (χ4v) is 2.75. The van der Waals surface area contributed by atoms with Gasteiger partial charge in [0.1, 0.15) is 6.34 Å². The van der Waals surface area contributed by atoms with E-state index in [2.05, 4.69) is 10.5 Å². The molecule has 1 aliphatic rings. The average molecular weight is 323 g/mol. The fourth-order valence-electron chi connectivity index (χ4n) is 2.75. The molecule has 0 bridgehead atoms. The van der Waals surface area contributed by atoms with Crippen molar-refractivity contribution in [3.63, 3.8) is 0 Å². The SMILES string of the molecule is CC(C(=O)N(Cc1ccccc1)C1(C)N=CNO1)c1ccccc1. The zero-order chi connectivity index (χ0) is 17.0. The van der Waals surface area contributed by atoms with Crippen molar-refractivity contribution in [2.45, 2.75) is 32.2 Å². The number of hydrogen-bond acceptors (Lipinski definition) is 4. The van der Waals surface area contributed by atoms with Gasteiger partial charge in [0.15, 0.2) is 0 Å². The molecule has 0 saturated heterocycles. The second kappa shape index (κ2) is 6.84. The van der Waals surface area contributed by atoms with Gasteiger partial charge in [-0.2, -0.15) is 0 Å². The predicted octanol–water partition coefficient (Wildman–Crippen LogP) is 3.06. The molecular weight excluding hydrogens is 302 g/mol. The topological polar surface area (TPSA) is 53.9 Å². The second-order valence-electron chi connectivity index (χ2n) is 5.95. The molecule has 0 fully saturated rings. The number of benzene rings is 2. The molecule has 0 spiro atoms. The Labute approximate surface area is 141 Å². The van der Waals surface area contributed by atoms with Crippen molar-refractivity contribution in [1.82, 2.24) is 10.4 Å². The zero-order valence-electron chi connectivity index (χ0n) is 13.8. The van der Waals surface area contributed by atoms with E-state index < -0.39 is 5.85 Å². The molecule has 24 heavy (non-hydrogen) atoms. The Morgan fingerprint density at radius 1 is 1.17 bits per heavy atom. The maximum absolute atomic E-state index is 13.2. The summed E-state index contributed by atoms with van der Waals surface area (Å²) in [5.74, 6) is -1.38. The number of hydroxylamine groups is 1. The smallest absolute Gasteiger partial charge is 0.263 e. The minimum Gasteiger partial charge on any atom is -0.289 e. The number of nitrogens with one attached hydrogen (secondary N) is 1. The molecule has 0 aromatic heterocycles. The van der Waals surface area contributed by atoms with E-state index in [9.17, 15) is 4.79 Å². The highest BCUT2D eigenvalue weighted by Gasteiger charge is 2.40. The molecule has 1 heterocycles. The Morgan fingerprint density at radius 2 is 1.79 bits per heavy atom. The van der Waals surface area contributed by atoms with Crippen LogP contribution in [0.4, 0.5) is 0 Å². The van der Waals surface area contributed by atoms with E-state index in [-0.39, 0.29) is 11.8 Å². The summed E-state index contributed by atoms with van der Waals surface area (Å²) in [6, 6.07) is 19.6. The molecule has 2 aromatic rings. The van der Waals surface area contributed by atoms with Crippen LogP contribution in [0.2, 0.25) is 0 Å². The van der Waals surface area contributed by atoms with E-state index in [4.69, 9.17) is 4.84 Å². The Morgan fingerprint density at radius 3 is 2.38 bits per heavy atom. The summed E-state index contributed by atoms with van der Waals surface area (Å²) in [4.78, 5) is 24.7. The first-order valence-electron chi connectivity index (χ1n) is 7.98. The minimum atomic E-state index is -1.06. The summed E-state index contributed by atoms with van der Waals surface area (Å²) in [5, 5.41) is 0. The first-order chi connectivity index (χ1) is 11.6. The van der Waals surface area contributed by atoms with E-state index in [1.807, 2.05) is 67.6 Å². The Hall–Kier alpha value is -2.66. The van der Waals surface area contributed by atoms with Crippen LogP contribution in [0.1, 0.15) is 30.9 Å². The Kier molecular flexibility index (Phi) is 4.62. The van der Waals surface area contributed by atoms with Crippen LogP contribution in [0.5, 0.6) is 0 Å². The predicted molar refractivity (Wildman–Crippen MR) is 93.0 cm³/mol. The van der Waals surface area contributed by atoms with Gasteiger partial charge in [0.2, 0.25) is 5.91 Å². The summed E-state index contributed by atoms with van der Waals surface area (Å²) in [6.45, 7) is 4.11. The van der Waals surface area contributed by atoms with E-state index in [0.717, 1.165) is 11.1 Å². The Balaban J connectivity index is 1.89. The van der Waals surface area contributed by atoms with Gasteiger partial charge in [-0.25, -0.2) is 9.83 Å². The van der Waals surface area contributed by atoms with Crippen molar-refractivity contribution in [1.29, 1.82) is 0 Å². The summed E-state index contributed by atoms with van der Waals surface area (Å²) in [5.41, 5.74) is 4.62. The van der Waals surface area contributed by atoms with Crippen molar-refractivity contribution in [2.24, 2.45) is 4.99 Å². The van der Waals surface area contributed by atoms with Crippen molar-refractivity contribution >= 4 is 12.2 Å². The van der Waals surface area contributed by atoms with Gasteiger partial charge < -0.3 is 0 Å². The summed E-state index contributed by atoms with van der Waals surface area (Å²) >= 11 is 0. The molecule has 0 radical (unpaired) electrons. The van der Waals surface area contributed by atoms with Crippen LogP contribution in [0.15, 0.2) is 65.7 Å². The van der Waals surface area contributed by atoms with Gasteiger partial charge in [-0.05, 0) is 18.1 Å². The van der Waals surface area contributed by atoms with Gasteiger partial charge in [0.25, 0.3) is 5.85 Å². The molecule has 0 saturated carbocycles. The summed E-state index contributed by atoms with van der Waals surface area (Å²) < 4.78 is 0. The Bertz CT molecular complexity index is 718. The molecular formula is C19H21N3O2. The molecule has 1 N–H and O–H groups in total. The number of aliphatic imine (C=N–C) groups is 1. The van der Waals surface area contributed by atoms with Gasteiger partial charge in [-0.3, -0.25) is 15.2 Å². The molecule has 2 unspecified atom stereocenters. The van der Waals surface area contributed by atoms with Gasteiger partial charge in [-0.15, -0.1) is 0 Å². The molecule has 5 heteroatoms. The average Bonchev–Trinajstić information content (AvgIpc) is 3.07. The van der Waals surface area contributed by atoms with Crippen molar-refractivity contribution in [3.8, 4) is 0 Å². The van der Waals surface area contributed by atoms with Gasteiger partial charge in [0, 0.05) is 6.92 Å². The maximum Gasteiger partial charge on any atom is 0.263 e. The first kappa shape index (κ1) is 16.2. The van der Waals surface area contributed by atoms with Crippen LogP contribution in [0.3, 0.4) is 0 Å². The molecule has 2 aromatic carbocycles. The molecule has 0 aliphatic carbocycles. The summed E-state index contributed by atoms with van der Waals surface area (Å²) in [6.07, 6.45) is 1.47. The normalized spacial score (nSPS) is 20.4. The van der Waals surface area contributed by atoms with Gasteiger partial charge in [0.05, 0.1) is 12.5 Å². The lowest BCUT2D eigenvalue weighted by Crippen LogP contribution is -2.50. The van der Waals surface area contributed by atoms with Crippen LogP contribution in [0.25, 0.3) is 0 Å². The van der Waals surface area contributed by atoms with Crippen molar-refractivity contribution < 1.29 is 9.63 Å². The highest BCUT2D eigenvalue weighted by molar-refractivity contribution is 5.84. The molecule has 2 atom stereocenters.